The summed E-state index contributed by atoms with van der Waals surface area (Å²) < 4.78 is 5.54. The van der Waals surface area contributed by atoms with Crippen LogP contribution in [0.3, 0.4) is 0 Å². The van der Waals surface area contributed by atoms with E-state index in [0.717, 1.165) is 38.6 Å². The lowest BCUT2D eigenvalue weighted by Gasteiger charge is -2.36. The molecule has 1 aliphatic heterocycles. The summed E-state index contributed by atoms with van der Waals surface area (Å²) in [5, 5.41) is 10.5. The smallest absolute Gasteiger partial charge is 0.410 e. The molecule has 1 saturated heterocycles. The van der Waals surface area contributed by atoms with Crippen molar-refractivity contribution in [3.63, 3.8) is 0 Å². The van der Waals surface area contributed by atoms with Crippen LogP contribution in [-0.2, 0) is 4.74 Å². The Kier molecular flexibility index (Phi) is 5.53. The molecule has 2 fully saturated rings. The molecule has 2 aliphatic rings. The third kappa shape index (κ3) is 4.60. The Labute approximate surface area is 128 Å². The number of ether oxygens (including phenoxy) is 1. The van der Waals surface area contributed by atoms with E-state index < -0.39 is 5.60 Å². The van der Waals surface area contributed by atoms with E-state index in [0.29, 0.717) is 0 Å². The van der Waals surface area contributed by atoms with Crippen LogP contribution in [0.2, 0.25) is 0 Å². The van der Waals surface area contributed by atoms with Crippen molar-refractivity contribution in [3.8, 4) is 0 Å². The van der Waals surface area contributed by atoms with Gasteiger partial charge in [0.1, 0.15) is 5.60 Å². The quantitative estimate of drug-likeness (QED) is 0.802. The molecule has 0 spiro atoms. The minimum Gasteiger partial charge on any atom is -0.444 e. The first-order chi connectivity index (χ1) is 9.88. The van der Waals surface area contributed by atoms with E-state index in [1.807, 2.05) is 25.7 Å². The van der Waals surface area contributed by atoms with Crippen molar-refractivity contribution in [2.24, 2.45) is 5.92 Å². The molecule has 1 N–H and O–H groups in total. The van der Waals surface area contributed by atoms with Crippen molar-refractivity contribution < 1.29 is 14.6 Å². The van der Waals surface area contributed by atoms with Gasteiger partial charge in [0, 0.05) is 18.5 Å². The van der Waals surface area contributed by atoms with Crippen LogP contribution < -0.4 is 0 Å². The predicted molar refractivity (Wildman–Crippen MR) is 83.2 cm³/mol. The Bertz CT molecular complexity index is 350. The summed E-state index contributed by atoms with van der Waals surface area (Å²) in [7, 11) is 0. The number of aliphatic hydroxyl groups is 1. The second kappa shape index (κ2) is 6.99. The SMILES string of the molecule is CC(C)(C)OC(=O)N1CCCC1C1CCCCCCC1O. The molecule has 3 unspecified atom stereocenters. The van der Waals surface area contributed by atoms with Gasteiger partial charge in [0.2, 0.25) is 0 Å². The van der Waals surface area contributed by atoms with Crippen LogP contribution >= 0.6 is 0 Å². The fourth-order valence-electron chi connectivity index (χ4n) is 3.73. The maximum absolute atomic E-state index is 12.4. The first kappa shape index (κ1) is 16.6. The molecule has 0 aromatic carbocycles. The fourth-order valence-corrected chi connectivity index (χ4v) is 3.73. The Morgan fingerprint density at radius 3 is 2.38 bits per heavy atom. The molecule has 122 valence electrons. The number of carbonyl (C=O) groups excluding carboxylic acids is 1. The first-order valence-corrected chi connectivity index (χ1v) is 8.56. The number of rotatable bonds is 1. The molecule has 21 heavy (non-hydrogen) atoms. The van der Waals surface area contributed by atoms with Crippen LogP contribution in [0.4, 0.5) is 4.79 Å². The minimum absolute atomic E-state index is 0.160. The highest BCUT2D eigenvalue weighted by Gasteiger charge is 2.39. The molecule has 0 bridgehead atoms. The van der Waals surface area contributed by atoms with Gasteiger partial charge in [-0.15, -0.1) is 0 Å². The lowest BCUT2D eigenvalue weighted by atomic mass is 9.82. The Morgan fingerprint density at radius 2 is 1.71 bits per heavy atom. The Morgan fingerprint density at radius 1 is 1.05 bits per heavy atom. The number of likely N-dealkylation sites (tertiary alicyclic amines) is 1. The molecule has 1 saturated carbocycles. The molecule has 2 rings (SSSR count). The lowest BCUT2D eigenvalue weighted by Crippen LogP contribution is -2.46. The van der Waals surface area contributed by atoms with Gasteiger partial charge in [-0.2, -0.15) is 0 Å². The van der Waals surface area contributed by atoms with Crippen molar-refractivity contribution in [2.45, 2.75) is 89.9 Å². The summed E-state index contributed by atoms with van der Waals surface area (Å²) in [6.07, 6.45) is 8.21. The summed E-state index contributed by atoms with van der Waals surface area (Å²) in [6.45, 7) is 6.48. The highest BCUT2D eigenvalue weighted by atomic mass is 16.6. The van der Waals surface area contributed by atoms with Gasteiger partial charge in [-0.1, -0.05) is 25.7 Å². The van der Waals surface area contributed by atoms with Crippen LogP contribution in [0.1, 0.15) is 72.1 Å². The number of hydrogen-bond acceptors (Lipinski definition) is 3. The Balaban J connectivity index is 2.03. The number of hydrogen-bond donors (Lipinski definition) is 1. The van der Waals surface area contributed by atoms with Crippen molar-refractivity contribution in [2.75, 3.05) is 6.54 Å². The molecule has 0 aromatic rings. The molecular weight excluding hydrogens is 266 g/mol. The average molecular weight is 297 g/mol. The molecule has 1 amide bonds. The minimum atomic E-state index is -0.455. The summed E-state index contributed by atoms with van der Waals surface area (Å²) >= 11 is 0. The van der Waals surface area contributed by atoms with Crippen LogP contribution in [-0.4, -0.2) is 40.4 Å². The largest absolute Gasteiger partial charge is 0.444 e. The molecule has 1 aliphatic carbocycles. The summed E-state index contributed by atoms with van der Waals surface area (Å²) in [5.74, 6) is 0.223. The normalized spacial score (nSPS) is 31.6. The molecule has 4 heteroatoms. The monoisotopic (exact) mass is 297 g/mol. The van der Waals surface area contributed by atoms with Gasteiger partial charge in [0.05, 0.1) is 6.10 Å². The van der Waals surface area contributed by atoms with Gasteiger partial charge in [-0.25, -0.2) is 4.79 Å². The lowest BCUT2D eigenvalue weighted by molar-refractivity contribution is -0.000870. The summed E-state index contributed by atoms with van der Waals surface area (Å²) in [5.41, 5.74) is -0.455. The second-order valence-corrected chi connectivity index (χ2v) is 7.61. The molecule has 0 radical (unpaired) electrons. The topological polar surface area (TPSA) is 49.8 Å². The van der Waals surface area contributed by atoms with Gasteiger partial charge >= 0.3 is 6.09 Å². The zero-order valence-electron chi connectivity index (χ0n) is 13.8. The van der Waals surface area contributed by atoms with Crippen molar-refractivity contribution in [1.82, 2.24) is 4.90 Å². The fraction of sp³-hybridized carbons (Fsp3) is 0.941. The van der Waals surface area contributed by atoms with Gasteiger partial charge < -0.3 is 14.7 Å². The maximum Gasteiger partial charge on any atom is 0.410 e. The second-order valence-electron chi connectivity index (χ2n) is 7.61. The third-order valence-electron chi connectivity index (χ3n) is 4.70. The van der Waals surface area contributed by atoms with Gasteiger partial charge in [-0.3, -0.25) is 0 Å². The standard InChI is InChI=1S/C17H31NO3/c1-17(2,3)21-16(20)18-12-8-10-14(18)13-9-6-4-5-7-11-15(13)19/h13-15,19H,4-12H2,1-3H3. The molecule has 0 aromatic heterocycles. The van der Waals surface area contributed by atoms with Gasteiger partial charge in [-0.05, 0) is 46.5 Å². The predicted octanol–water partition coefficient (Wildman–Crippen LogP) is 3.72. The third-order valence-corrected chi connectivity index (χ3v) is 4.70. The average Bonchev–Trinajstić information content (AvgIpc) is 2.81. The van der Waals surface area contributed by atoms with E-state index in [2.05, 4.69) is 0 Å². The Hall–Kier alpha value is -0.770. The summed E-state index contributed by atoms with van der Waals surface area (Å²) in [4.78, 5) is 14.3. The molecule has 3 atom stereocenters. The molecule has 4 nitrogen and oxygen atoms in total. The maximum atomic E-state index is 12.4. The molecule has 1 heterocycles. The van der Waals surface area contributed by atoms with Crippen LogP contribution in [0.5, 0.6) is 0 Å². The van der Waals surface area contributed by atoms with Gasteiger partial charge in [0.25, 0.3) is 0 Å². The first-order valence-electron chi connectivity index (χ1n) is 8.56. The van der Waals surface area contributed by atoms with Crippen molar-refractivity contribution >= 4 is 6.09 Å². The number of carbonyl (C=O) groups is 1. The van der Waals surface area contributed by atoms with E-state index in [9.17, 15) is 9.90 Å². The summed E-state index contributed by atoms with van der Waals surface area (Å²) in [6, 6.07) is 0.160. The number of nitrogens with zero attached hydrogens (tertiary/aromatic N) is 1. The van der Waals surface area contributed by atoms with Crippen LogP contribution in [0, 0.1) is 5.92 Å². The highest BCUT2D eigenvalue weighted by Crippen LogP contribution is 2.34. The number of amides is 1. The zero-order chi connectivity index (χ0) is 15.5. The van der Waals surface area contributed by atoms with Crippen molar-refractivity contribution in [1.29, 1.82) is 0 Å². The molecular formula is C17H31NO3. The van der Waals surface area contributed by atoms with E-state index in [1.165, 1.54) is 19.3 Å². The van der Waals surface area contributed by atoms with E-state index in [-0.39, 0.29) is 24.2 Å². The van der Waals surface area contributed by atoms with Gasteiger partial charge in [0.15, 0.2) is 0 Å². The zero-order valence-corrected chi connectivity index (χ0v) is 13.8. The van der Waals surface area contributed by atoms with Crippen LogP contribution in [0.15, 0.2) is 0 Å². The highest BCUT2D eigenvalue weighted by molar-refractivity contribution is 5.69. The van der Waals surface area contributed by atoms with E-state index in [1.54, 1.807) is 0 Å². The van der Waals surface area contributed by atoms with E-state index in [4.69, 9.17) is 4.74 Å². The van der Waals surface area contributed by atoms with Crippen molar-refractivity contribution in [3.05, 3.63) is 0 Å². The van der Waals surface area contributed by atoms with Crippen LogP contribution in [0.25, 0.3) is 0 Å². The number of aliphatic hydroxyl groups excluding tert-OH is 1. The van der Waals surface area contributed by atoms with E-state index >= 15 is 0 Å².